The second-order valence-corrected chi connectivity index (χ2v) is 7.59. The standard InChI is InChI=1S/C23H27ClN2O4/c1-14(2)30-21-10-9-17(12-19(21)24)20(27)13-18(23(28)26-3)11-15-5-7-16(8-6-15)22(25)29-4/h5-10,12,14,18,25H,11,13H2,1-4H3,(H,26,28)/t18-/m1/s1. The molecule has 0 saturated heterocycles. The Morgan fingerprint density at radius 1 is 1.10 bits per heavy atom. The number of methoxy groups -OCH3 is 1. The molecule has 7 heteroatoms. The predicted octanol–water partition coefficient (Wildman–Crippen LogP) is 4.28. The summed E-state index contributed by atoms with van der Waals surface area (Å²) < 4.78 is 10.5. The summed E-state index contributed by atoms with van der Waals surface area (Å²) in [5.41, 5.74) is 1.98. The number of Topliss-reactive ketones (excluding diaryl/α,β-unsaturated/α-hetero) is 1. The van der Waals surface area contributed by atoms with Crippen LogP contribution in [0.4, 0.5) is 0 Å². The number of ether oxygens (including phenoxy) is 2. The fourth-order valence-electron chi connectivity index (χ4n) is 3.02. The van der Waals surface area contributed by atoms with Crippen LogP contribution in [0.2, 0.25) is 5.02 Å². The van der Waals surface area contributed by atoms with Gasteiger partial charge in [0.15, 0.2) is 5.78 Å². The van der Waals surface area contributed by atoms with E-state index >= 15 is 0 Å². The van der Waals surface area contributed by atoms with Gasteiger partial charge in [0.2, 0.25) is 11.8 Å². The van der Waals surface area contributed by atoms with Gasteiger partial charge in [0.25, 0.3) is 0 Å². The van der Waals surface area contributed by atoms with E-state index in [1.165, 1.54) is 7.11 Å². The van der Waals surface area contributed by atoms with Crippen LogP contribution < -0.4 is 10.1 Å². The summed E-state index contributed by atoms with van der Waals surface area (Å²) in [6.07, 6.45) is 0.422. The van der Waals surface area contributed by atoms with Gasteiger partial charge in [-0.05, 0) is 56.2 Å². The molecule has 0 bridgehead atoms. The van der Waals surface area contributed by atoms with E-state index in [0.29, 0.717) is 28.3 Å². The summed E-state index contributed by atoms with van der Waals surface area (Å²) in [7, 11) is 3.00. The molecule has 2 aromatic rings. The number of rotatable bonds is 9. The van der Waals surface area contributed by atoms with E-state index in [1.54, 1.807) is 37.4 Å². The highest BCUT2D eigenvalue weighted by atomic mass is 35.5. The predicted molar refractivity (Wildman–Crippen MR) is 118 cm³/mol. The maximum atomic E-state index is 12.8. The minimum absolute atomic E-state index is 0.0271. The van der Waals surface area contributed by atoms with Crippen molar-refractivity contribution >= 4 is 29.2 Å². The van der Waals surface area contributed by atoms with Crippen molar-refractivity contribution in [3.63, 3.8) is 0 Å². The van der Waals surface area contributed by atoms with Gasteiger partial charge >= 0.3 is 0 Å². The van der Waals surface area contributed by atoms with E-state index in [9.17, 15) is 9.59 Å². The molecule has 0 aliphatic rings. The van der Waals surface area contributed by atoms with Gasteiger partial charge in [-0.15, -0.1) is 0 Å². The molecule has 6 nitrogen and oxygen atoms in total. The second-order valence-electron chi connectivity index (χ2n) is 7.18. The van der Waals surface area contributed by atoms with Gasteiger partial charge < -0.3 is 14.8 Å². The van der Waals surface area contributed by atoms with Crippen LogP contribution in [0.15, 0.2) is 42.5 Å². The van der Waals surface area contributed by atoms with Gasteiger partial charge in [0.1, 0.15) is 5.75 Å². The van der Waals surface area contributed by atoms with E-state index in [1.807, 2.05) is 26.0 Å². The van der Waals surface area contributed by atoms with Crippen LogP contribution in [0.5, 0.6) is 5.75 Å². The molecule has 1 amide bonds. The zero-order valence-electron chi connectivity index (χ0n) is 17.6. The topological polar surface area (TPSA) is 88.5 Å². The minimum Gasteiger partial charge on any atom is -0.489 e. The zero-order valence-corrected chi connectivity index (χ0v) is 18.4. The molecular formula is C23H27ClN2O4. The lowest BCUT2D eigenvalue weighted by atomic mass is 9.91. The number of benzene rings is 2. The summed E-state index contributed by atoms with van der Waals surface area (Å²) in [5, 5.41) is 10.7. The zero-order chi connectivity index (χ0) is 22.3. The van der Waals surface area contributed by atoms with Gasteiger partial charge in [-0.25, -0.2) is 0 Å². The lowest BCUT2D eigenvalue weighted by Crippen LogP contribution is -2.30. The van der Waals surface area contributed by atoms with Gasteiger partial charge in [-0.3, -0.25) is 15.0 Å². The van der Waals surface area contributed by atoms with Crippen molar-refractivity contribution in [3.8, 4) is 5.75 Å². The molecule has 1 atom stereocenters. The summed E-state index contributed by atoms with van der Waals surface area (Å²) in [4.78, 5) is 25.2. The molecule has 0 aromatic heterocycles. The Labute approximate surface area is 182 Å². The fourth-order valence-corrected chi connectivity index (χ4v) is 3.25. The molecule has 30 heavy (non-hydrogen) atoms. The van der Waals surface area contributed by atoms with Crippen molar-refractivity contribution in [2.45, 2.75) is 32.8 Å². The van der Waals surface area contributed by atoms with Crippen LogP contribution in [0.1, 0.15) is 41.8 Å². The number of hydrogen-bond donors (Lipinski definition) is 2. The summed E-state index contributed by atoms with van der Waals surface area (Å²) in [6.45, 7) is 3.79. The third-order valence-corrected chi connectivity index (χ3v) is 4.86. The number of halogens is 1. The third-order valence-electron chi connectivity index (χ3n) is 4.57. The van der Waals surface area contributed by atoms with E-state index in [2.05, 4.69) is 5.32 Å². The van der Waals surface area contributed by atoms with Gasteiger partial charge in [0, 0.05) is 30.5 Å². The Bertz CT molecular complexity index is 910. The third kappa shape index (κ3) is 6.32. The van der Waals surface area contributed by atoms with Crippen molar-refractivity contribution in [1.29, 1.82) is 5.41 Å². The average molecular weight is 431 g/mol. The Morgan fingerprint density at radius 2 is 1.73 bits per heavy atom. The average Bonchev–Trinajstić information content (AvgIpc) is 2.73. The molecule has 2 rings (SSSR count). The highest BCUT2D eigenvalue weighted by Gasteiger charge is 2.23. The first-order chi connectivity index (χ1) is 14.2. The molecule has 0 fully saturated rings. The normalized spacial score (nSPS) is 11.7. The molecule has 0 spiro atoms. The molecule has 2 aromatic carbocycles. The van der Waals surface area contributed by atoms with Crippen LogP contribution in [-0.4, -0.2) is 37.8 Å². The van der Waals surface area contributed by atoms with Gasteiger partial charge in [-0.1, -0.05) is 23.7 Å². The van der Waals surface area contributed by atoms with Crippen molar-refractivity contribution in [2.75, 3.05) is 14.2 Å². The summed E-state index contributed by atoms with van der Waals surface area (Å²) in [5.74, 6) is -0.308. The highest BCUT2D eigenvalue weighted by molar-refractivity contribution is 6.32. The molecular weight excluding hydrogens is 404 g/mol. The van der Waals surface area contributed by atoms with Crippen LogP contribution in [0, 0.1) is 11.3 Å². The van der Waals surface area contributed by atoms with Gasteiger partial charge in [0.05, 0.1) is 18.2 Å². The van der Waals surface area contributed by atoms with Crippen molar-refractivity contribution in [2.24, 2.45) is 5.92 Å². The molecule has 0 saturated carbocycles. The maximum Gasteiger partial charge on any atom is 0.223 e. The Morgan fingerprint density at radius 3 is 2.27 bits per heavy atom. The Balaban J connectivity index is 2.14. The lowest BCUT2D eigenvalue weighted by Gasteiger charge is -2.16. The number of amides is 1. The fraction of sp³-hybridized carbons (Fsp3) is 0.348. The largest absolute Gasteiger partial charge is 0.489 e. The van der Waals surface area contributed by atoms with Gasteiger partial charge in [-0.2, -0.15) is 0 Å². The minimum atomic E-state index is -0.527. The molecule has 0 heterocycles. The molecule has 0 unspecified atom stereocenters. The van der Waals surface area contributed by atoms with E-state index < -0.39 is 5.92 Å². The summed E-state index contributed by atoms with van der Waals surface area (Å²) in [6, 6.07) is 12.1. The molecule has 0 aliphatic carbocycles. The van der Waals surface area contributed by atoms with Crippen LogP contribution in [0.25, 0.3) is 0 Å². The highest BCUT2D eigenvalue weighted by Crippen LogP contribution is 2.27. The smallest absolute Gasteiger partial charge is 0.223 e. The van der Waals surface area contributed by atoms with E-state index in [0.717, 1.165) is 5.56 Å². The molecule has 160 valence electrons. The van der Waals surface area contributed by atoms with Crippen molar-refractivity contribution in [1.82, 2.24) is 5.32 Å². The van der Waals surface area contributed by atoms with E-state index in [4.69, 9.17) is 26.5 Å². The number of carbonyl (C=O) groups is 2. The molecule has 0 radical (unpaired) electrons. The Hall–Kier alpha value is -2.86. The van der Waals surface area contributed by atoms with Crippen LogP contribution in [0.3, 0.4) is 0 Å². The summed E-state index contributed by atoms with van der Waals surface area (Å²) >= 11 is 6.24. The monoisotopic (exact) mass is 430 g/mol. The van der Waals surface area contributed by atoms with Crippen LogP contribution >= 0.6 is 11.6 Å². The first-order valence-electron chi connectivity index (χ1n) is 9.68. The molecule has 2 N–H and O–H groups in total. The number of hydrogen-bond acceptors (Lipinski definition) is 5. The number of ketones is 1. The first-order valence-corrected chi connectivity index (χ1v) is 10.1. The second kappa shape index (κ2) is 10.8. The SMILES string of the molecule is CNC(=O)[C@@H](CC(=O)c1ccc(OC(C)C)c(Cl)c1)Cc1ccc(C(=N)OC)cc1. The van der Waals surface area contributed by atoms with Crippen LogP contribution in [-0.2, 0) is 16.0 Å². The van der Waals surface area contributed by atoms with Crippen molar-refractivity contribution in [3.05, 3.63) is 64.2 Å². The lowest BCUT2D eigenvalue weighted by molar-refractivity contribution is -0.124. The molecule has 0 aliphatic heterocycles. The van der Waals surface area contributed by atoms with Crippen molar-refractivity contribution < 1.29 is 19.1 Å². The Kier molecular flexibility index (Phi) is 8.42. The van der Waals surface area contributed by atoms with E-state index in [-0.39, 0.29) is 30.1 Å². The quantitative estimate of drug-likeness (QED) is 0.353. The first kappa shape index (κ1) is 23.4. The number of carbonyl (C=O) groups excluding carboxylic acids is 2. The number of nitrogens with one attached hydrogen (secondary N) is 2. The maximum absolute atomic E-state index is 12.8.